The van der Waals surface area contributed by atoms with E-state index >= 15 is 0 Å². The van der Waals surface area contributed by atoms with Crippen LogP contribution in [0.15, 0.2) is 52.9 Å². The van der Waals surface area contributed by atoms with Crippen molar-refractivity contribution in [1.29, 1.82) is 0 Å². The second-order valence-electron chi connectivity index (χ2n) is 7.70. The first kappa shape index (κ1) is 22.3. The summed E-state index contributed by atoms with van der Waals surface area (Å²) in [6, 6.07) is 12.5. The summed E-state index contributed by atoms with van der Waals surface area (Å²) in [5.41, 5.74) is 0.734. The molecule has 0 unspecified atom stereocenters. The molecule has 1 aromatic heterocycles. The number of nitrogens with zero attached hydrogens (tertiary/aromatic N) is 3. The van der Waals surface area contributed by atoms with E-state index in [9.17, 15) is 21.6 Å². The van der Waals surface area contributed by atoms with E-state index in [2.05, 4.69) is 10.2 Å². The van der Waals surface area contributed by atoms with Crippen molar-refractivity contribution in [2.24, 2.45) is 0 Å². The third kappa shape index (κ3) is 4.64. The number of para-hydroxylation sites is 1. The van der Waals surface area contributed by atoms with E-state index < -0.39 is 33.4 Å². The molecule has 6 nitrogen and oxygen atoms in total. The van der Waals surface area contributed by atoms with Crippen molar-refractivity contribution in [2.75, 3.05) is 4.31 Å². The minimum atomic E-state index is -3.72. The number of benzene rings is 2. The molecule has 0 atom stereocenters. The summed E-state index contributed by atoms with van der Waals surface area (Å²) in [6.07, 6.45) is 0.940. The van der Waals surface area contributed by atoms with Crippen LogP contribution >= 0.6 is 0 Å². The van der Waals surface area contributed by atoms with Crippen LogP contribution in [-0.2, 0) is 16.6 Å². The quantitative estimate of drug-likeness (QED) is 0.462. The van der Waals surface area contributed by atoms with Crippen LogP contribution in [0.3, 0.4) is 0 Å². The Bertz CT molecular complexity index is 1160. The lowest BCUT2D eigenvalue weighted by Crippen LogP contribution is -2.39. The molecule has 1 fully saturated rings. The molecular formula is C22H22F3N3O3S. The fourth-order valence-electron chi connectivity index (χ4n) is 3.87. The number of hydrogen-bond donors (Lipinski definition) is 0. The maximum absolute atomic E-state index is 14.9. The lowest BCUT2D eigenvalue weighted by atomic mass is 10.0. The van der Waals surface area contributed by atoms with E-state index in [0.29, 0.717) is 18.5 Å². The molecule has 0 bridgehead atoms. The Balaban J connectivity index is 1.65. The van der Waals surface area contributed by atoms with E-state index in [1.807, 2.05) is 0 Å². The molecule has 170 valence electrons. The first-order valence-electron chi connectivity index (χ1n) is 10.3. The molecule has 10 heteroatoms. The van der Waals surface area contributed by atoms with Crippen molar-refractivity contribution < 1.29 is 26.0 Å². The highest BCUT2D eigenvalue weighted by Crippen LogP contribution is 2.32. The number of aromatic nitrogens is 2. The minimum absolute atomic E-state index is 0.132. The summed E-state index contributed by atoms with van der Waals surface area (Å²) in [6.45, 7) is -0.193. The fourth-order valence-corrected chi connectivity index (χ4v) is 5.89. The van der Waals surface area contributed by atoms with Gasteiger partial charge in [-0.05, 0) is 37.1 Å². The van der Waals surface area contributed by atoms with Crippen LogP contribution in [0.1, 0.15) is 50.0 Å². The van der Waals surface area contributed by atoms with E-state index in [1.165, 1.54) is 16.4 Å². The fraction of sp³-hybridized carbons (Fsp3) is 0.364. The van der Waals surface area contributed by atoms with Crippen molar-refractivity contribution in [3.63, 3.8) is 0 Å². The van der Waals surface area contributed by atoms with Crippen molar-refractivity contribution in [3.05, 3.63) is 65.8 Å². The van der Waals surface area contributed by atoms with Gasteiger partial charge in [0.1, 0.15) is 5.82 Å². The average Bonchev–Trinajstić information content (AvgIpc) is 3.30. The van der Waals surface area contributed by atoms with E-state index in [-0.39, 0.29) is 23.6 Å². The molecule has 0 saturated heterocycles. The van der Waals surface area contributed by atoms with Gasteiger partial charge in [-0.15, -0.1) is 10.2 Å². The topological polar surface area (TPSA) is 76.3 Å². The third-order valence-corrected chi connectivity index (χ3v) is 7.83. The molecule has 0 amide bonds. The predicted octanol–water partition coefficient (Wildman–Crippen LogP) is 5.48. The van der Waals surface area contributed by atoms with Gasteiger partial charge >= 0.3 is 6.43 Å². The zero-order valence-corrected chi connectivity index (χ0v) is 17.9. The van der Waals surface area contributed by atoms with Gasteiger partial charge in [0.25, 0.3) is 5.89 Å². The highest BCUT2D eigenvalue weighted by molar-refractivity contribution is 7.93. The molecule has 0 radical (unpaired) electrons. The van der Waals surface area contributed by atoms with Crippen LogP contribution in [0, 0.1) is 5.82 Å². The first-order valence-corrected chi connectivity index (χ1v) is 11.8. The van der Waals surface area contributed by atoms with Gasteiger partial charge in [0.2, 0.25) is 15.9 Å². The smallest absolute Gasteiger partial charge is 0.314 e. The number of rotatable bonds is 7. The molecule has 3 aromatic rings. The standard InChI is InChI=1S/C22H22F3N3O3S/c23-19-13-15(21-26-27-22(31-21)20(24)25)11-12-16(19)14-28(17-7-3-1-4-8-17)32(29,30)18-9-5-2-6-10-18/h1,3-4,7-8,11-13,18,20H,2,5-6,9-10,14H2. The molecule has 1 aliphatic carbocycles. The maximum atomic E-state index is 14.9. The highest BCUT2D eigenvalue weighted by atomic mass is 32.2. The number of alkyl halides is 2. The van der Waals surface area contributed by atoms with Gasteiger partial charge in [-0.1, -0.05) is 43.5 Å². The zero-order chi connectivity index (χ0) is 22.7. The molecule has 32 heavy (non-hydrogen) atoms. The van der Waals surface area contributed by atoms with Gasteiger partial charge in [0.05, 0.1) is 17.5 Å². The monoisotopic (exact) mass is 465 g/mol. The van der Waals surface area contributed by atoms with Crippen molar-refractivity contribution >= 4 is 15.7 Å². The van der Waals surface area contributed by atoms with Crippen molar-refractivity contribution in [2.45, 2.75) is 50.3 Å². The van der Waals surface area contributed by atoms with Crippen LogP contribution in [0.5, 0.6) is 0 Å². The first-order chi connectivity index (χ1) is 15.4. The van der Waals surface area contributed by atoms with Crippen LogP contribution < -0.4 is 4.31 Å². The SMILES string of the molecule is O=S(=O)(C1CCCCC1)N(Cc1ccc(-c2nnc(C(F)F)o2)cc1F)c1ccccc1. The van der Waals surface area contributed by atoms with E-state index in [0.717, 1.165) is 25.3 Å². The summed E-state index contributed by atoms with van der Waals surface area (Å²) >= 11 is 0. The lowest BCUT2D eigenvalue weighted by Gasteiger charge is -2.31. The Hall–Kier alpha value is -2.88. The maximum Gasteiger partial charge on any atom is 0.314 e. The van der Waals surface area contributed by atoms with Crippen molar-refractivity contribution in [1.82, 2.24) is 10.2 Å². The summed E-state index contributed by atoms with van der Waals surface area (Å²) in [5.74, 6) is -1.78. The van der Waals surface area contributed by atoms with Crippen LogP contribution in [-0.4, -0.2) is 23.9 Å². The summed E-state index contributed by atoms with van der Waals surface area (Å²) in [4.78, 5) is 0. The molecule has 2 aromatic carbocycles. The summed E-state index contributed by atoms with van der Waals surface area (Å²) < 4.78 is 73.3. The molecule has 0 aliphatic heterocycles. The molecule has 1 aliphatic rings. The normalized spacial score (nSPS) is 15.2. The van der Waals surface area contributed by atoms with Gasteiger partial charge in [-0.25, -0.2) is 12.8 Å². The van der Waals surface area contributed by atoms with E-state index in [1.54, 1.807) is 30.3 Å². The zero-order valence-electron chi connectivity index (χ0n) is 17.1. The molecule has 4 rings (SSSR count). The van der Waals surface area contributed by atoms with Crippen LogP contribution in [0.25, 0.3) is 11.5 Å². The molecular weight excluding hydrogens is 443 g/mol. The largest absolute Gasteiger partial charge is 0.415 e. The Kier molecular flexibility index (Phi) is 6.50. The van der Waals surface area contributed by atoms with Crippen LogP contribution in [0.2, 0.25) is 0 Å². The van der Waals surface area contributed by atoms with Gasteiger partial charge in [-0.3, -0.25) is 4.31 Å². The molecule has 0 N–H and O–H groups in total. The Morgan fingerprint density at radius 1 is 1.03 bits per heavy atom. The molecule has 0 spiro atoms. The highest BCUT2D eigenvalue weighted by Gasteiger charge is 2.34. The second-order valence-corrected chi connectivity index (χ2v) is 9.84. The Labute approximate surface area is 184 Å². The lowest BCUT2D eigenvalue weighted by molar-refractivity contribution is 0.116. The molecule has 1 heterocycles. The van der Waals surface area contributed by atoms with Gasteiger partial charge in [-0.2, -0.15) is 8.78 Å². The number of sulfonamides is 1. The Morgan fingerprint density at radius 3 is 2.38 bits per heavy atom. The third-order valence-electron chi connectivity index (χ3n) is 5.57. The molecule has 1 saturated carbocycles. The minimum Gasteiger partial charge on any atom is -0.415 e. The van der Waals surface area contributed by atoms with Gasteiger partial charge < -0.3 is 4.42 Å². The Morgan fingerprint density at radius 2 is 1.75 bits per heavy atom. The van der Waals surface area contributed by atoms with Crippen molar-refractivity contribution in [3.8, 4) is 11.5 Å². The van der Waals surface area contributed by atoms with E-state index in [4.69, 9.17) is 4.42 Å². The average molecular weight is 465 g/mol. The number of anilines is 1. The number of hydrogen-bond acceptors (Lipinski definition) is 5. The predicted molar refractivity (Wildman–Crippen MR) is 113 cm³/mol. The summed E-state index contributed by atoms with van der Waals surface area (Å²) in [7, 11) is -3.72. The van der Waals surface area contributed by atoms with Crippen LogP contribution in [0.4, 0.5) is 18.9 Å². The number of halogens is 3. The summed E-state index contributed by atoms with van der Waals surface area (Å²) in [5, 5.41) is 6.25. The van der Waals surface area contributed by atoms with Gasteiger partial charge in [0, 0.05) is 11.1 Å². The second kappa shape index (κ2) is 9.32. The van der Waals surface area contributed by atoms with Gasteiger partial charge in [0.15, 0.2) is 0 Å².